The molecule has 0 saturated heterocycles. The van der Waals surface area contributed by atoms with Crippen LogP contribution in [-0.4, -0.2) is 45.2 Å². The molecule has 0 fully saturated rings. The molecule has 1 heterocycles. The minimum absolute atomic E-state index is 0.0628. The van der Waals surface area contributed by atoms with Gasteiger partial charge in [-0.25, -0.2) is 0 Å². The summed E-state index contributed by atoms with van der Waals surface area (Å²) in [4.78, 5) is 24.4. The average molecular weight is 422 g/mol. The van der Waals surface area contributed by atoms with Crippen molar-refractivity contribution in [3.05, 3.63) is 59.7 Å². The highest BCUT2D eigenvalue weighted by Gasteiger charge is 2.13. The van der Waals surface area contributed by atoms with Crippen LogP contribution in [0.2, 0.25) is 0 Å². The number of ether oxygens (including phenoxy) is 1. The number of nitrogens with zero attached hydrogens (tertiary/aromatic N) is 4. The molecule has 0 aliphatic rings. The van der Waals surface area contributed by atoms with Crippen LogP contribution in [0.5, 0.6) is 5.75 Å². The molecule has 0 saturated carbocycles. The van der Waals surface area contributed by atoms with E-state index in [4.69, 9.17) is 10.5 Å². The van der Waals surface area contributed by atoms with E-state index >= 15 is 0 Å². The first-order valence-electron chi connectivity index (χ1n) is 9.90. The van der Waals surface area contributed by atoms with Gasteiger partial charge in [0.05, 0.1) is 6.54 Å². The lowest BCUT2D eigenvalue weighted by molar-refractivity contribution is -0.122. The Labute approximate surface area is 180 Å². The zero-order chi connectivity index (χ0) is 22.4. The average Bonchev–Trinajstić information content (AvgIpc) is 3.19. The highest BCUT2D eigenvalue weighted by atomic mass is 16.5. The number of primary amides is 1. The second kappa shape index (κ2) is 9.38. The summed E-state index contributed by atoms with van der Waals surface area (Å²) in [6.07, 6.45) is 0. The van der Waals surface area contributed by atoms with Crippen molar-refractivity contribution in [2.75, 3.05) is 13.2 Å². The second-order valence-corrected chi connectivity index (χ2v) is 8.06. The molecule has 0 unspecified atom stereocenters. The summed E-state index contributed by atoms with van der Waals surface area (Å²) < 4.78 is 5.66. The molecule has 0 aliphatic carbocycles. The van der Waals surface area contributed by atoms with Crippen LogP contribution in [-0.2, 0) is 16.8 Å². The molecule has 0 radical (unpaired) electrons. The Morgan fingerprint density at radius 1 is 1.06 bits per heavy atom. The van der Waals surface area contributed by atoms with Crippen molar-refractivity contribution in [3.8, 4) is 17.1 Å². The second-order valence-electron chi connectivity index (χ2n) is 8.06. The van der Waals surface area contributed by atoms with E-state index in [-0.39, 0.29) is 17.9 Å². The smallest absolute Gasteiger partial charge is 0.248 e. The van der Waals surface area contributed by atoms with E-state index < -0.39 is 5.91 Å². The van der Waals surface area contributed by atoms with Crippen molar-refractivity contribution in [3.63, 3.8) is 0 Å². The largest absolute Gasteiger partial charge is 0.492 e. The van der Waals surface area contributed by atoms with Gasteiger partial charge in [-0.2, -0.15) is 4.80 Å². The van der Waals surface area contributed by atoms with Gasteiger partial charge in [-0.1, -0.05) is 45.0 Å². The molecule has 0 bridgehead atoms. The van der Waals surface area contributed by atoms with Crippen molar-refractivity contribution in [2.24, 2.45) is 5.73 Å². The van der Waals surface area contributed by atoms with Gasteiger partial charge in [0.1, 0.15) is 18.9 Å². The van der Waals surface area contributed by atoms with E-state index in [1.165, 1.54) is 10.4 Å². The van der Waals surface area contributed by atoms with Gasteiger partial charge in [0.15, 0.2) is 0 Å². The number of carbonyl (C=O) groups is 2. The molecule has 2 aromatic carbocycles. The van der Waals surface area contributed by atoms with Gasteiger partial charge in [-0.3, -0.25) is 9.59 Å². The maximum Gasteiger partial charge on any atom is 0.248 e. The Morgan fingerprint density at radius 2 is 1.74 bits per heavy atom. The topological polar surface area (TPSA) is 125 Å². The van der Waals surface area contributed by atoms with E-state index in [0.29, 0.717) is 30.1 Å². The van der Waals surface area contributed by atoms with Gasteiger partial charge >= 0.3 is 0 Å². The van der Waals surface area contributed by atoms with E-state index in [9.17, 15) is 9.59 Å². The Hall–Kier alpha value is -3.75. The van der Waals surface area contributed by atoms with Crippen LogP contribution in [0.4, 0.5) is 0 Å². The lowest BCUT2D eigenvalue weighted by atomic mass is 9.87. The fourth-order valence-corrected chi connectivity index (χ4v) is 2.80. The number of nitrogens with two attached hydrogens (primary N) is 1. The van der Waals surface area contributed by atoms with Gasteiger partial charge in [0.2, 0.25) is 17.6 Å². The molecule has 31 heavy (non-hydrogen) atoms. The number of hydrogen-bond donors (Lipinski definition) is 2. The maximum atomic E-state index is 12.1. The summed E-state index contributed by atoms with van der Waals surface area (Å²) in [5, 5.41) is 14.8. The first-order chi connectivity index (χ1) is 14.7. The van der Waals surface area contributed by atoms with Crippen molar-refractivity contribution in [1.29, 1.82) is 0 Å². The number of nitrogens with one attached hydrogen (secondary N) is 1. The molecule has 9 heteroatoms. The summed E-state index contributed by atoms with van der Waals surface area (Å²) in [6, 6.07) is 14.5. The van der Waals surface area contributed by atoms with E-state index in [0.717, 1.165) is 5.75 Å². The predicted molar refractivity (Wildman–Crippen MR) is 115 cm³/mol. The first-order valence-corrected chi connectivity index (χ1v) is 9.90. The monoisotopic (exact) mass is 422 g/mol. The van der Waals surface area contributed by atoms with Gasteiger partial charge in [0.25, 0.3) is 0 Å². The molecular formula is C22H26N6O3. The lowest BCUT2D eigenvalue weighted by Gasteiger charge is -2.19. The summed E-state index contributed by atoms with van der Waals surface area (Å²) in [7, 11) is 0. The highest BCUT2D eigenvalue weighted by molar-refractivity contribution is 5.93. The minimum atomic E-state index is -0.509. The number of hydrogen-bond acceptors (Lipinski definition) is 6. The van der Waals surface area contributed by atoms with Crippen LogP contribution >= 0.6 is 0 Å². The van der Waals surface area contributed by atoms with E-state index in [1.807, 2.05) is 24.3 Å². The Bertz CT molecular complexity index is 1040. The number of aromatic nitrogens is 4. The third kappa shape index (κ3) is 6.11. The van der Waals surface area contributed by atoms with Gasteiger partial charge in [-0.05, 0) is 40.5 Å². The Balaban J connectivity index is 1.43. The van der Waals surface area contributed by atoms with Gasteiger partial charge in [-0.15, -0.1) is 10.2 Å². The number of benzene rings is 2. The van der Waals surface area contributed by atoms with Crippen LogP contribution < -0.4 is 15.8 Å². The standard InChI is InChI=1S/C22H26N6O3/c1-22(2,3)17-8-10-18(11-9-17)31-13-12-24-19(29)14-28-26-21(25-27-28)16-6-4-15(5-7-16)20(23)30/h4-11H,12-14H2,1-3H3,(H2,23,30)(H,24,29). The lowest BCUT2D eigenvalue weighted by Crippen LogP contribution is -2.31. The number of tetrazole rings is 1. The molecule has 2 amide bonds. The fraction of sp³-hybridized carbons (Fsp3) is 0.318. The minimum Gasteiger partial charge on any atom is -0.492 e. The zero-order valence-corrected chi connectivity index (χ0v) is 17.8. The number of carbonyl (C=O) groups excluding carboxylic acids is 2. The van der Waals surface area contributed by atoms with Crippen molar-refractivity contribution < 1.29 is 14.3 Å². The van der Waals surface area contributed by atoms with Crippen molar-refractivity contribution >= 4 is 11.8 Å². The summed E-state index contributed by atoms with van der Waals surface area (Å²) in [5.74, 6) is 0.350. The van der Waals surface area contributed by atoms with Crippen LogP contribution in [0, 0.1) is 0 Å². The van der Waals surface area contributed by atoms with Crippen molar-refractivity contribution in [1.82, 2.24) is 25.5 Å². The molecule has 0 aliphatic heterocycles. The normalized spacial score (nSPS) is 11.2. The number of rotatable bonds is 8. The quantitative estimate of drug-likeness (QED) is 0.535. The molecule has 3 rings (SSSR count). The molecule has 0 atom stereocenters. The van der Waals surface area contributed by atoms with Crippen LogP contribution in [0.15, 0.2) is 48.5 Å². The molecule has 0 spiro atoms. The van der Waals surface area contributed by atoms with E-state index in [1.54, 1.807) is 24.3 Å². The van der Waals surface area contributed by atoms with Crippen LogP contribution in [0.3, 0.4) is 0 Å². The molecule has 3 N–H and O–H groups in total. The van der Waals surface area contributed by atoms with E-state index in [2.05, 4.69) is 41.5 Å². The summed E-state index contributed by atoms with van der Waals surface area (Å²) in [6.45, 7) is 7.12. The molecule has 3 aromatic rings. The van der Waals surface area contributed by atoms with Gasteiger partial charge < -0.3 is 15.8 Å². The molecule has 1 aromatic heterocycles. The van der Waals surface area contributed by atoms with Crippen LogP contribution in [0.1, 0.15) is 36.7 Å². The molecule has 162 valence electrons. The zero-order valence-electron chi connectivity index (χ0n) is 17.8. The van der Waals surface area contributed by atoms with Gasteiger partial charge in [0, 0.05) is 11.1 Å². The highest BCUT2D eigenvalue weighted by Crippen LogP contribution is 2.24. The third-order valence-electron chi connectivity index (χ3n) is 4.58. The summed E-state index contributed by atoms with van der Waals surface area (Å²) >= 11 is 0. The summed E-state index contributed by atoms with van der Waals surface area (Å²) in [5.41, 5.74) is 7.61. The predicted octanol–water partition coefficient (Wildman–Crippen LogP) is 1.93. The molecular weight excluding hydrogens is 396 g/mol. The Morgan fingerprint density at radius 3 is 2.35 bits per heavy atom. The fourth-order valence-electron chi connectivity index (χ4n) is 2.80. The van der Waals surface area contributed by atoms with Crippen LogP contribution in [0.25, 0.3) is 11.4 Å². The van der Waals surface area contributed by atoms with Crippen molar-refractivity contribution in [2.45, 2.75) is 32.7 Å². The first kappa shape index (κ1) is 21.9. The Kier molecular flexibility index (Phi) is 6.64. The maximum absolute atomic E-state index is 12.1. The number of amides is 2. The molecule has 9 nitrogen and oxygen atoms in total. The SMILES string of the molecule is CC(C)(C)c1ccc(OCCNC(=O)Cn2nnc(-c3ccc(C(N)=O)cc3)n2)cc1. The third-order valence-corrected chi connectivity index (χ3v) is 4.58.